The average molecular weight is 275 g/mol. The molecule has 0 spiro atoms. The van der Waals surface area contributed by atoms with Gasteiger partial charge in [-0.25, -0.2) is 9.97 Å². The Labute approximate surface area is 120 Å². The Kier molecular flexibility index (Phi) is 2.48. The molecule has 0 N–H and O–H groups in total. The molecule has 0 fully saturated rings. The standard InChI is InChI=1S/C16H9N3O2/c17-8-13-11-3-1-2-4-12(11)18-16(19-13)10-5-6-14-15(7-10)21-9-20-14/h1-7H,9H2. The van der Waals surface area contributed by atoms with Crippen LogP contribution in [-0.2, 0) is 0 Å². The number of hydrogen-bond acceptors (Lipinski definition) is 5. The van der Waals surface area contributed by atoms with Gasteiger partial charge in [-0.2, -0.15) is 5.26 Å². The van der Waals surface area contributed by atoms with E-state index < -0.39 is 0 Å². The van der Waals surface area contributed by atoms with Crippen LogP contribution in [0.2, 0.25) is 0 Å². The van der Waals surface area contributed by atoms with Crippen molar-refractivity contribution < 1.29 is 9.47 Å². The van der Waals surface area contributed by atoms with E-state index in [4.69, 9.17) is 9.47 Å². The molecular formula is C16H9N3O2. The maximum Gasteiger partial charge on any atom is 0.231 e. The van der Waals surface area contributed by atoms with Crippen molar-refractivity contribution in [3.63, 3.8) is 0 Å². The molecule has 0 saturated carbocycles. The zero-order valence-corrected chi connectivity index (χ0v) is 10.9. The van der Waals surface area contributed by atoms with Gasteiger partial charge in [-0.15, -0.1) is 0 Å². The van der Waals surface area contributed by atoms with E-state index in [0.29, 0.717) is 23.0 Å². The summed E-state index contributed by atoms with van der Waals surface area (Å²) in [6.45, 7) is 0.223. The summed E-state index contributed by atoms with van der Waals surface area (Å²) in [7, 11) is 0. The first-order valence-corrected chi connectivity index (χ1v) is 6.42. The molecule has 0 aliphatic carbocycles. The number of nitrogens with zero attached hydrogens (tertiary/aromatic N) is 3. The van der Waals surface area contributed by atoms with E-state index >= 15 is 0 Å². The van der Waals surface area contributed by atoms with Crippen molar-refractivity contribution in [3.05, 3.63) is 48.2 Å². The van der Waals surface area contributed by atoms with Crippen LogP contribution in [0.3, 0.4) is 0 Å². The molecule has 3 aromatic rings. The van der Waals surface area contributed by atoms with E-state index in [1.807, 2.05) is 42.5 Å². The number of nitriles is 1. The van der Waals surface area contributed by atoms with Crippen LogP contribution < -0.4 is 9.47 Å². The molecular weight excluding hydrogens is 266 g/mol. The SMILES string of the molecule is N#Cc1nc(-c2ccc3c(c2)OCO3)nc2ccccc12. The van der Waals surface area contributed by atoms with Gasteiger partial charge in [-0.3, -0.25) is 0 Å². The zero-order valence-electron chi connectivity index (χ0n) is 10.9. The van der Waals surface area contributed by atoms with E-state index in [9.17, 15) is 5.26 Å². The number of rotatable bonds is 1. The first-order valence-electron chi connectivity index (χ1n) is 6.42. The monoisotopic (exact) mass is 275 g/mol. The Balaban J connectivity index is 1.93. The van der Waals surface area contributed by atoms with Crippen LogP contribution in [0.25, 0.3) is 22.3 Å². The summed E-state index contributed by atoms with van der Waals surface area (Å²) in [4.78, 5) is 8.87. The van der Waals surface area contributed by atoms with E-state index in [2.05, 4.69) is 16.0 Å². The Morgan fingerprint density at radius 1 is 1.00 bits per heavy atom. The van der Waals surface area contributed by atoms with Crippen LogP contribution in [0.4, 0.5) is 0 Å². The molecule has 5 nitrogen and oxygen atoms in total. The fourth-order valence-electron chi connectivity index (χ4n) is 2.33. The molecule has 0 bridgehead atoms. The number of ether oxygens (including phenoxy) is 2. The Morgan fingerprint density at radius 2 is 1.86 bits per heavy atom. The van der Waals surface area contributed by atoms with Crippen molar-refractivity contribution >= 4 is 10.9 Å². The lowest BCUT2D eigenvalue weighted by Gasteiger charge is -2.05. The van der Waals surface area contributed by atoms with Gasteiger partial charge in [0.2, 0.25) is 6.79 Å². The van der Waals surface area contributed by atoms with Gasteiger partial charge >= 0.3 is 0 Å². The summed E-state index contributed by atoms with van der Waals surface area (Å²) in [5.41, 5.74) is 1.91. The fourth-order valence-corrected chi connectivity index (χ4v) is 2.33. The van der Waals surface area contributed by atoms with Crippen molar-refractivity contribution in [1.29, 1.82) is 5.26 Å². The van der Waals surface area contributed by atoms with E-state index in [1.165, 1.54) is 0 Å². The van der Waals surface area contributed by atoms with Crippen LogP contribution in [0, 0.1) is 11.3 Å². The van der Waals surface area contributed by atoms with Crippen LogP contribution in [0.15, 0.2) is 42.5 Å². The smallest absolute Gasteiger partial charge is 0.231 e. The highest BCUT2D eigenvalue weighted by Gasteiger charge is 2.16. The van der Waals surface area contributed by atoms with Crippen LogP contribution in [-0.4, -0.2) is 16.8 Å². The Bertz CT molecular complexity index is 900. The van der Waals surface area contributed by atoms with Crippen LogP contribution in [0.5, 0.6) is 11.5 Å². The fraction of sp³-hybridized carbons (Fsp3) is 0.0625. The molecule has 1 aliphatic rings. The number of aromatic nitrogens is 2. The van der Waals surface area contributed by atoms with Gasteiger partial charge in [0.05, 0.1) is 5.52 Å². The van der Waals surface area contributed by atoms with Gasteiger partial charge in [0.1, 0.15) is 6.07 Å². The highest BCUT2D eigenvalue weighted by Crippen LogP contribution is 2.35. The lowest BCUT2D eigenvalue weighted by molar-refractivity contribution is 0.174. The molecule has 2 aromatic carbocycles. The van der Waals surface area contributed by atoms with Gasteiger partial charge in [0, 0.05) is 10.9 Å². The van der Waals surface area contributed by atoms with E-state index in [1.54, 1.807) is 0 Å². The third kappa shape index (κ3) is 1.85. The molecule has 100 valence electrons. The number of para-hydroxylation sites is 1. The topological polar surface area (TPSA) is 68.0 Å². The molecule has 0 saturated heterocycles. The van der Waals surface area contributed by atoms with Gasteiger partial charge in [0.25, 0.3) is 0 Å². The molecule has 0 radical (unpaired) electrons. The molecule has 2 heterocycles. The van der Waals surface area contributed by atoms with E-state index in [0.717, 1.165) is 16.5 Å². The van der Waals surface area contributed by atoms with Crippen molar-refractivity contribution in [1.82, 2.24) is 9.97 Å². The molecule has 1 aliphatic heterocycles. The maximum absolute atomic E-state index is 9.28. The van der Waals surface area contributed by atoms with Crippen molar-refractivity contribution in [3.8, 4) is 29.0 Å². The normalized spacial score (nSPS) is 12.3. The van der Waals surface area contributed by atoms with Gasteiger partial charge in [-0.1, -0.05) is 12.1 Å². The quantitative estimate of drug-likeness (QED) is 0.683. The van der Waals surface area contributed by atoms with Crippen molar-refractivity contribution in [2.24, 2.45) is 0 Å². The molecule has 0 amide bonds. The van der Waals surface area contributed by atoms with Crippen LogP contribution >= 0.6 is 0 Å². The van der Waals surface area contributed by atoms with Crippen molar-refractivity contribution in [2.75, 3.05) is 6.79 Å². The highest BCUT2D eigenvalue weighted by atomic mass is 16.7. The zero-order chi connectivity index (χ0) is 14.2. The molecule has 4 rings (SSSR count). The van der Waals surface area contributed by atoms with Crippen molar-refractivity contribution in [2.45, 2.75) is 0 Å². The molecule has 21 heavy (non-hydrogen) atoms. The van der Waals surface area contributed by atoms with Gasteiger partial charge in [0.15, 0.2) is 23.0 Å². The minimum Gasteiger partial charge on any atom is -0.454 e. The highest BCUT2D eigenvalue weighted by molar-refractivity contribution is 5.84. The second-order valence-electron chi connectivity index (χ2n) is 4.59. The molecule has 0 unspecified atom stereocenters. The number of hydrogen-bond donors (Lipinski definition) is 0. The first-order chi connectivity index (χ1) is 10.3. The third-order valence-electron chi connectivity index (χ3n) is 3.34. The second kappa shape index (κ2) is 4.46. The predicted octanol–water partition coefficient (Wildman–Crippen LogP) is 2.90. The summed E-state index contributed by atoms with van der Waals surface area (Å²) >= 11 is 0. The maximum atomic E-state index is 9.28. The number of benzene rings is 2. The lowest BCUT2D eigenvalue weighted by atomic mass is 10.1. The van der Waals surface area contributed by atoms with Gasteiger partial charge < -0.3 is 9.47 Å². The first kappa shape index (κ1) is 11.7. The van der Waals surface area contributed by atoms with Crippen LogP contribution in [0.1, 0.15) is 5.69 Å². The lowest BCUT2D eigenvalue weighted by Crippen LogP contribution is -1.95. The minimum absolute atomic E-state index is 0.223. The summed E-state index contributed by atoms with van der Waals surface area (Å²) in [6, 6.07) is 15.1. The van der Waals surface area contributed by atoms with E-state index in [-0.39, 0.29) is 6.79 Å². The third-order valence-corrected chi connectivity index (χ3v) is 3.34. The Morgan fingerprint density at radius 3 is 2.76 bits per heavy atom. The second-order valence-corrected chi connectivity index (χ2v) is 4.59. The molecule has 5 heteroatoms. The summed E-state index contributed by atoms with van der Waals surface area (Å²) < 4.78 is 10.7. The average Bonchev–Trinajstić information content (AvgIpc) is 3.01. The van der Waals surface area contributed by atoms with Gasteiger partial charge in [-0.05, 0) is 30.3 Å². The molecule has 1 aromatic heterocycles. The summed E-state index contributed by atoms with van der Waals surface area (Å²) in [6.07, 6.45) is 0. The summed E-state index contributed by atoms with van der Waals surface area (Å²) in [5, 5.41) is 10.0. The summed E-state index contributed by atoms with van der Waals surface area (Å²) in [5.74, 6) is 1.88. The minimum atomic E-state index is 0.223. The predicted molar refractivity (Wildman–Crippen MR) is 75.8 cm³/mol. The Hall–Kier alpha value is -3.13. The largest absolute Gasteiger partial charge is 0.454 e. The number of fused-ring (bicyclic) bond motifs is 2. The molecule has 0 atom stereocenters.